The van der Waals surface area contributed by atoms with Gasteiger partial charge in [0.15, 0.2) is 0 Å². The molecule has 0 aromatic carbocycles. The standard InChI is InChI=1S/C12H19FN2O/c1-9(2)5-15-12(3,8-16)10-4-11(13)7-14-6-10/h4,6-7,9,15-16H,5,8H2,1-3H3. The Labute approximate surface area is 95.7 Å². The highest BCUT2D eigenvalue weighted by Gasteiger charge is 2.26. The Balaban J connectivity index is 2.86. The maximum Gasteiger partial charge on any atom is 0.141 e. The molecule has 4 heteroatoms. The molecule has 3 nitrogen and oxygen atoms in total. The van der Waals surface area contributed by atoms with Gasteiger partial charge in [-0.15, -0.1) is 0 Å². The summed E-state index contributed by atoms with van der Waals surface area (Å²) in [6.07, 6.45) is 2.73. The Morgan fingerprint density at radius 3 is 2.69 bits per heavy atom. The topological polar surface area (TPSA) is 45.1 Å². The number of hydrogen-bond donors (Lipinski definition) is 2. The summed E-state index contributed by atoms with van der Waals surface area (Å²) in [5.74, 6) is 0.0796. The third-order valence-corrected chi connectivity index (χ3v) is 2.56. The average Bonchev–Trinajstić information content (AvgIpc) is 2.26. The number of hydrogen-bond acceptors (Lipinski definition) is 3. The summed E-state index contributed by atoms with van der Waals surface area (Å²) in [5, 5.41) is 12.7. The summed E-state index contributed by atoms with van der Waals surface area (Å²) < 4.78 is 13.1. The van der Waals surface area contributed by atoms with E-state index in [-0.39, 0.29) is 12.4 Å². The molecule has 1 rings (SSSR count). The number of halogens is 1. The minimum atomic E-state index is -0.640. The molecule has 0 saturated carbocycles. The normalized spacial score (nSPS) is 15.1. The predicted molar refractivity (Wildman–Crippen MR) is 61.5 cm³/mol. The number of aromatic nitrogens is 1. The molecule has 1 aromatic rings. The Morgan fingerprint density at radius 1 is 1.50 bits per heavy atom. The van der Waals surface area contributed by atoms with E-state index in [1.807, 2.05) is 6.92 Å². The van der Waals surface area contributed by atoms with Gasteiger partial charge in [-0.1, -0.05) is 13.8 Å². The number of aliphatic hydroxyl groups is 1. The lowest BCUT2D eigenvalue weighted by molar-refractivity contribution is 0.170. The van der Waals surface area contributed by atoms with E-state index in [9.17, 15) is 9.50 Å². The van der Waals surface area contributed by atoms with Crippen molar-refractivity contribution in [1.29, 1.82) is 0 Å². The fraction of sp³-hybridized carbons (Fsp3) is 0.583. The Kier molecular flexibility index (Phi) is 4.38. The largest absolute Gasteiger partial charge is 0.394 e. The number of pyridine rings is 1. The van der Waals surface area contributed by atoms with E-state index in [2.05, 4.69) is 24.1 Å². The number of rotatable bonds is 5. The van der Waals surface area contributed by atoms with Crippen molar-refractivity contribution in [2.75, 3.05) is 13.2 Å². The van der Waals surface area contributed by atoms with Crippen molar-refractivity contribution in [2.24, 2.45) is 5.92 Å². The fourth-order valence-electron chi connectivity index (χ4n) is 1.39. The Morgan fingerprint density at radius 2 is 2.19 bits per heavy atom. The number of nitrogens with one attached hydrogen (secondary N) is 1. The summed E-state index contributed by atoms with van der Waals surface area (Å²) in [6.45, 7) is 6.66. The molecule has 0 spiro atoms. The zero-order valence-corrected chi connectivity index (χ0v) is 10.00. The van der Waals surface area contributed by atoms with Gasteiger partial charge in [0, 0.05) is 6.20 Å². The predicted octanol–water partition coefficient (Wildman–Crippen LogP) is 1.67. The molecule has 16 heavy (non-hydrogen) atoms. The van der Waals surface area contributed by atoms with Crippen LogP contribution in [0.25, 0.3) is 0 Å². The van der Waals surface area contributed by atoms with Crippen molar-refractivity contribution in [2.45, 2.75) is 26.3 Å². The van der Waals surface area contributed by atoms with E-state index >= 15 is 0 Å². The first-order valence-electron chi connectivity index (χ1n) is 5.45. The molecule has 1 aromatic heterocycles. The SMILES string of the molecule is CC(C)CNC(C)(CO)c1cncc(F)c1. The van der Waals surface area contributed by atoms with E-state index in [0.717, 1.165) is 12.7 Å². The maximum absolute atomic E-state index is 13.1. The van der Waals surface area contributed by atoms with Crippen molar-refractivity contribution >= 4 is 0 Å². The first kappa shape index (κ1) is 13.1. The highest BCUT2D eigenvalue weighted by atomic mass is 19.1. The maximum atomic E-state index is 13.1. The van der Waals surface area contributed by atoms with Gasteiger partial charge in [-0.05, 0) is 31.0 Å². The molecule has 0 aliphatic heterocycles. The molecule has 0 bridgehead atoms. The molecule has 0 aliphatic carbocycles. The number of nitrogens with zero attached hydrogens (tertiary/aromatic N) is 1. The molecule has 90 valence electrons. The summed E-state index contributed by atoms with van der Waals surface area (Å²) in [5.41, 5.74) is 0.0231. The summed E-state index contributed by atoms with van der Waals surface area (Å²) in [4.78, 5) is 3.80. The van der Waals surface area contributed by atoms with Gasteiger partial charge in [0.05, 0.1) is 18.3 Å². The molecule has 1 atom stereocenters. The molecule has 1 unspecified atom stereocenters. The van der Waals surface area contributed by atoms with E-state index < -0.39 is 5.54 Å². The van der Waals surface area contributed by atoms with E-state index in [1.165, 1.54) is 6.07 Å². The molecule has 0 radical (unpaired) electrons. The van der Waals surface area contributed by atoms with Crippen molar-refractivity contribution in [1.82, 2.24) is 10.3 Å². The monoisotopic (exact) mass is 226 g/mol. The van der Waals surface area contributed by atoms with Crippen LogP contribution in [0.3, 0.4) is 0 Å². The van der Waals surface area contributed by atoms with Crippen LogP contribution in [0.1, 0.15) is 26.3 Å². The van der Waals surface area contributed by atoms with Crippen molar-refractivity contribution in [3.8, 4) is 0 Å². The van der Waals surface area contributed by atoms with Gasteiger partial charge < -0.3 is 10.4 Å². The fourth-order valence-corrected chi connectivity index (χ4v) is 1.39. The second kappa shape index (κ2) is 5.37. The van der Waals surface area contributed by atoms with Crippen LogP contribution in [0.4, 0.5) is 4.39 Å². The highest BCUT2D eigenvalue weighted by molar-refractivity contribution is 5.20. The van der Waals surface area contributed by atoms with E-state index in [4.69, 9.17) is 0 Å². The molecular weight excluding hydrogens is 207 g/mol. The zero-order chi connectivity index (χ0) is 12.2. The average molecular weight is 226 g/mol. The lowest BCUT2D eigenvalue weighted by Gasteiger charge is -2.30. The summed E-state index contributed by atoms with van der Waals surface area (Å²) in [7, 11) is 0. The molecule has 0 saturated heterocycles. The van der Waals surface area contributed by atoms with Crippen LogP contribution in [-0.4, -0.2) is 23.2 Å². The van der Waals surface area contributed by atoms with E-state index in [1.54, 1.807) is 6.20 Å². The molecule has 0 fully saturated rings. The van der Waals surface area contributed by atoms with Crippen LogP contribution >= 0.6 is 0 Å². The van der Waals surface area contributed by atoms with Crippen LogP contribution in [0.15, 0.2) is 18.5 Å². The third-order valence-electron chi connectivity index (χ3n) is 2.56. The second-order valence-corrected chi connectivity index (χ2v) is 4.66. The quantitative estimate of drug-likeness (QED) is 0.803. The molecule has 2 N–H and O–H groups in total. The van der Waals surface area contributed by atoms with Gasteiger partial charge >= 0.3 is 0 Å². The lowest BCUT2D eigenvalue weighted by Crippen LogP contribution is -2.44. The summed E-state index contributed by atoms with van der Waals surface area (Å²) in [6, 6.07) is 1.40. The van der Waals surface area contributed by atoms with Gasteiger partial charge in [0.25, 0.3) is 0 Å². The Hall–Kier alpha value is -1.00. The lowest BCUT2D eigenvalue weighted by atomic mass is 9.93. The first-order chi connectivity index (χ1) is 7.48. The van der Waals surface area contributed by atoms with Crippen LogP contribution in [-0.2, 0) is 5.54 Å². The molecule has 1 heterocycles. The van der Waals surface area contributed by atoms with E-state index in [0.29, 0.717) is 11.5 Å². The Bertz CT molecular complexity index is 344. The van der Waals surface area contributed by atoms with Gasteiger partial charge in [0.1, 0.15) is 5.82 Å². The van der Waals surface area contributed by atoms with Gasteiger partial charge in [0.2, 0.25) is 0 Å². The molecular formula is C12H19FN2O. The number of aliphatic hydroxyl groups excluding tert-OH is 1. The minimum Gasteiger partial charge on any atom is -0.394 e. The molecule has 0 amide bonds. The third kappa shape index (κ3) is 3.25. The first-order valence-corrected chi connectivity index (χ1v) is 5.45. The summed E-state index contributed by atoms with van der Waals surface area (Å²) >= 11 is 0. The van der Waals surface area contributed by atoms with Crippen LogP contribution in [0, 0.1) is 11.7 Å². The van der Waals surface area contributed by atoms with Crippen molar-refractivity contribution < 1.29 is 9.50 Å². The van der Waals surface area contributed by atoms with Crippen LogP contribution in [0.2, 0.25) is 0 Å². The highest BCUT2D eigenvalue weighted by Crippen LogP contribution is 2.20. The zero-order valence-electron chi connectivity index (χ0n) is 10.00. The van der Waals surface area contributed by atoms with Gasteiger partial charge in [-0.25, -0.2) is 4.39 Å². The van der Waals surface area contributed by atoms with Crippen LogP contribution in [0.5, 0.6) is 0 Å². The minimum absolute atomic E-state index is 0.0924. The molecule has 0 aliphatic rings. The van der Waals surface area contributed by atoms with Crippen LogP contribution < -0.4 is 5.32 Å². The van der Waals surface area contributed by atoms with Gasteiger partial charge in [-0.3, -0.25) is 4.98 Å². The smallest absolute Gasteiger partial charge is 0.141 e. The van der Waals surface area contributed by atoms with Gasteiger partial charge in [-0.2, -0.15) is 0 Å². The van der Waals surface area contributed by atoms with Crippen molar-refractivity contribution in [3.05, 3.63) is 29.8 Å². The second-order valence-electron chi connectivity index (χ2n) is 4.66. The van der Waals surface area contributed by atoms with Crippen molar-refractivity contribution in [3.63, 3.8) is 0 Å².